The molecule has 3 rings (SSSR count). The van der Waals surface area contributed by atoms with Gasteiger partial charge < -0.3 is 14.6 Å². The summed E-state index contributed by atoms with van der Waals surface area (Å²) >= 11 is 1.18. The highest BCUT2D eigenvalue weighted by molar-refractivity contribution is 7.91. The van der Waals surface area contributed by atoms with Crippen molar-refractivity contribution < 1.29 is 13.2 Å². The van der Waals surface area contributed by atoms with E-state index in [-0.39, 0.29) is 10.3 Å². The van der Waals surface area contributed by atoms with E-state index in [1.807, 2.05) is 17.8 Å². The predicted molar refractivity (Wildman–Crippen MR) is 83.6 cm³/mol. The van der Waals surface area contributed by atoms with E-state index in [0.29, 0.717) is 25.4 Å². The first-order valence-corrected chi connectivity index (χ1v) is 9.19. The van der Waals surface area contributed by atoms with E-state index in [1.165, 1.54) is 22.8 Å². The molecule has 1 N–H and O–H groups in total. The molecule has 0 bridgehead atoms. The minimum atomic E-state index is -3.62. The Kier molecular flexibility index (Phi) is 4.22. The van der Waals surface area contributed by atoms with E-state index in [4.69, 9.17) is 4.74 Å². The van der Waals surface area contributed by atoms with Crippen molar-refractivity contribution in [2.75, 3.05) is 26.7 Å². The van der Waals surface area contributed by atoms with Gasteiger partial charge in [-0.05, 0) is 11.4 Å². The van der Waals surface area contributed by atoms with Crippen LogP contribution in [-0.2, 0) is 17.1 Å². The summed E-state index contributed by atoms with van der Waals surface area (Å²) in [5.41, 5.74) is 0. The number of rotatable bonds is 4. The number of aromatic nitrogens is 2. The second-order valence-corrected chi connectivity index (χ2v) is 8.01. The van der Waals surface area contributed by atoms with Crippen molar-refractivity contribution >= 4 is 21.4 Å². The van der Waals surface area contributed by atoms with Crippen LogP contribution in [0.3, 0.4) is 0 Å². The number of aryl methyl sites for hydroxylation is 1. The van der Waals surface area contributed by atoms with Gasteiger partial charge in [0.2, 0.25) is 0 Å². The highest BCUT2D eigenvalue weighted by atomic mass is 32.2. The lowest BCUT2D eigenvalue weighted by molar-refractivity contribution is 0.258. The molecule has 1 saturated heterocycles. The SMILES string of the molecule is COc1ccsc1S(=O)(=O)N1CCNCC1c1nccn1C. The zero-order valence-corrected chi connectivity index (χ0v) is 14.0. The molecule has 1 unspecified atom stereocenters. The van der Waals surface area contributed by atoms with Crippen molar-refractivity contribution in [3.05, 3.63) is 29.7 Å². The monoisotopic (exact) mass is 342 g/mol. The standard InChI is InChI=1S/C13H18N4O3S2/c1-16-6-5-15-12(16)10-9-14-4-7-17(10)22(18,19)13-11(20-2)3-8-21-13/h3,5-6,8,10,14H,4,7,9H2,1-2H3. The number of hydrogen-bond donors (Lipinski definition) is 1. The van der Waals surface area contributed by atoms with Crippen LogP contribution in [0.4, 0.5) is 0 Å². The van der Waals surface area contributed by atoms with Gasteiger partial charge in [0.05, 0.1) is 13.2 Å². The highest BCUT2D eigenvalue weighted by Crippen LogP contribution is 2.35. The van der Waals surface area contributed by atoms with Crippen LogP contribution in [0.2, 0.25) is 0 Å². The molecular formula is C13H18N4O3S2. The molecule has 0 radical (unpaired) electrons. The minimum Gasteiger partial charge on any atom is -0.494 e. The Labute approximate surface area is 133 Å². The molecule has 9 heteroatoms. The summed E-state index contributed by atoms with van der Waals surface area (Å²) in [7, 11) is -0.270. The summed E-state index contributed by atoms with van der Waals surface area (Å²) < 4.78 is 34.9. The average Bonchev–Trinajstić information content (AvgIpc) is 3.15. The Morgan fingerprint density at radius 3 is 3.00 bits per heavy atom. The molecule has 2 aromatic rings. The number of methoxy groups -OCH3 is 1. The Morgan fingerprint density at radius 2 is 2.32 bits per heavy atom. The van der Waals surface area contributed by atoms with Gasteiger partial charge in [-0.2, -0.15) is 4.31 Å². The van der Waals surface area contributed by atoms with Crippen LogP contribution >= 0.6 is 11.3 Å². The van der Waals surface area contributed by atoms with Crippen molar-refractivity contribution in [3.8, 4) is 5.75 Å². The quantitative estimate of drug-likeness (QED) is 0.890. The molecule has 120 valence electrons. The van der Waals surface area contributed by atoms with E-state index < -0.39 is 10.0 Å². The van der Waals surface area contributed by atoms with Gasteiger partial charge in [0, 0.05) is 39.1 Å². The summed E-state index contributed by atoms with van der Waals surface area (Å²) in [4.78, 5) is 4.32. The first-order valence-electron chi connectivity index (χ1n) is 6.87. The summed E-state index contributed by atoms with van der Waals surface area (Å²) in [6.07, 6.45) is 3.50. The number of ether oxygens (including phenoxy) is 1. The Hall–Kier alpha value is -1.42. The largest absolute Gasteiger partial charge is 0.494 e. The van der Waals surface area contributed by atoms with Crippen LogP contribution < -0.4 is 10.1 Å². The summed E-state index contributed by atoms with van der Waals surface area (Å²) in [6.45, 7) is 1.56. The first kappa shape index (κ1) is 15.5. The maximum Gasteiger partial charge on any atom is 0.257 e. The maximum atomic E-state index is 13.0. The maximum absolute atomic E-state index is 13.0. The van der Waals surface area contributed by atoms with Gasteiger partial charge in [-0.1, -0.05) is 0 Å². The van der Waals surface area contributed by atoms with Gasteiger partial charge in [0.15, 0.2) is 4.21 Å². The minimum absolute atomic E-state index is 0.246. The van der Waals surface area contributed by atoms with Gasteiger partial charge >= 0.3 is 0 Å². The number of nitrogens with one attached hydrogen (secondary N) is 1. The van der Waals surface area contributed by atoms with E-state index in [9.17, 15) is 8.42 Å². The zero-order valence-electron chi connectivity index (χ0n) is 12.4. The lowest BCUT2D eigenvalue weighted by atomic mass is 10.2. The van der Waals surface area contributed by atoms with Crippen molar-refractivity contribution in [3.63, 3.8) is 0 Å². The fraction of sp³-hybridized carbons (Fsp3) is 0.462. The van der Waals surface area contributed by atoms with Gasteiger partial charge in [0.25, 0.3) is 10.0 Å². The summed E-state index contributed by atoms with van der Waals surface area (Å²) in [5, 5.41) is 4.96. The normalized spacial score (nSPS) is 20.2. The van der Waals surface area contributed by atoms with Gasteiger partial charge in [0.1, 0.15) is 11.6 Å². The van der Waals surface area contributed by atoms with Crippen molar-refractivity contribution in [2.24, 2.45) is 7.05 Å². The zero-order chi connectivity index (χ0) is 15.7. The molecule has 0 aromatic carbocycles. The summed E-state index contributed by atoms with van der Waals surface area (Å²) in [6, 6.07) is 1.35. The predicted octanol–water partition coefficient (Wildman–Crippen LogP) is 0.825. The lowest BCUT2D eigenvalue weighted by Gasteiger charge is -2.34. The Balaban J connectivity index is 2.02. The van der Waals surface area contributed by atoms with Gasteiger partial charge in [-0.15, -0.1) is 11.3 Å². The van der Waals surface area contributed by atoms with Crippen molar-refractivity contribution in [1.29, 1.82) is 0 Å². The van der Waals surface area contributed by atoms with Crippen LogP contribution in [0.25, 0.3) is 0 Å². The van der Waals surface area contributed by atoms with Gasteiger partial charge in [-0.25, -0.2) is 13.4 Å². The topological polar surface area (TPSA) is 76.5 Å². The van der Waals surface area contributed by atoms with Gasteiger partial charge in [-0.3, -0.25) is 0 Å². The number of hydrogen-bond acceptors (Lipinski definition) is 6. The molecule has 0 aliphatic carbocycles. The van der Waals surface area contributed by atoms with E-state index in [2.05, 4.69) is 10.3 Å². The average molecular weight is 342 g/mol. The second kappa shape index (κ2) is 5.99. The summed E-state index contributed by atoms with van der Waals surface area (Å²) in [5.74, 6) is 1.12. The fourth-order valence-corrected chi connectivity index (χ4v) is 5.60. The molecule has 22 heavy (non-hydrogen) atoms. The molecule has 0 saturated carbocycles. The van der Waals surface area contributed by atoms with Crippen molar-refractivity contribution in [2.45, 2.75) is 10.3 Å². The molecule has 1 atom stereocenters. The smallest absolute Gasteiger partial charge is 0.257 e. The van der Waals surface area contributed by atoms with Crippen LogP contribution in [0, 0.1) is 0 Å². The lowest BCUT2D eigenvalue weighted by Crippen LogP contribution is -2.49. The van der Waals surface area contributed by atoms with E-state index in [1.54, 1.807) is 17.6 Å². The first-order chi connectivity index (χ1) is 10.6. The second-order valence-electron chi connectivity index (χ2n) is 5.01. The molecule has 2 aromatic heterocycles. The molecule has 7 nitrogen and oxygen atoms in total. The number of piperazine rings is 1. The number of nitrogens with zero attached hydrogens (tertiary/aromatic N) is 3. The molecule has 1 aliphatic heterocycles. The number of thiophene rings is 1. The Morgan fingerprint density at radius 1 is 1.50 bits per heavy atom. The van der Waals surface area contributed by atoms with Crippen molar-refractivity contribution in [1.82, 2.24) is 19.2 Å². The molecule has 1 fully saturated rings. The van der Waals surface area contributed by atoms with E-state index >= 15 is 0 Å². The number of sulfonamides is 1. The van der Waals surface area contributed by atoms with Crippen LogP contribution in [0.5, 0.6) is 5.75 Å². The van der Waals surface area contributed by atoms with E-state index in [0.717, 1.165) is 5.82 Å². The Bertz CT molecular complexity index is 753. The fourth-order valence-electron chi connectivity index (χ4n) is 2.62. The van der Waals surface area contributed by atoms with Crippen LogP contribution in [0.1, 0.15) is 11.9 Å². The third-order valence-electron chi connectivity index (χ3n) is 3.71. The molecule has 1 aliphatic rings. The molecular weight excluding hydrogens is 324 g/mol. The number of imidazole rings is 1. The van der Waals surface area contributed by atoms with Crippen LogP contribution in [-0.4, -0.2) is 49.0 Å². The molecule has 0 spiro atoms. The molecule has 0 amide bonds. The third-order valence-corrected chi connectivity index (χ3v) is 7.04. The third kappa shape index (κ3) is 2.54. The highest BCUT2D eigenvalue weighted by Gasteiger charge is 2.38. The molecule has 3 heterocycles. The van der Waals surface area contributed by atoms with Crippen LogP contribution in [0.15, 0.2) is 28.0 Å².